The molecule has 0 saturated heterocycles. The highest BCUT2D eigenvalue weighted by molar-refractivity contribution is 7.48. The first kappa shape index (κ1) is 19.7. The van der Waals surface area contributed by atoms with Gasteiger partial charge in [-0.1, -0.05) is 64.2 Å². The van der Waals surface area contributed by atoms with Crippen molar-refractivity contribution in [3.63, 3.8) is 0 Å². The maximum Gasteiger partial charge on any atom is 0.119 e. The number of phenolic OH excluding ortho intramolecular Hbond substituents is 1. The molecule has 0 aliphatic rings. The third-order valence-corrected chi connectivity index (χ3v) is 6.87. The molecular formula is C22H30NOP. The van der Waals surface area contributed by atoms with Gasteiger partial charge < -0.3 is 5.11 Å². The minimum absolute atomic E-state index is 0.0313. The van der Waals surface area contributed by atoms with Gasteiger partial charge in [0.05, 0.1) is 0 Å². The number of benzene rings is 2. The third-order valence-electron chi connectivity index (χ3n) is 4.80. The molecule has 0 aliphatic carbocycles. The van der Waals surface area contributed by atoms with Crippen LogP contribution in [0.15, 0.2) is 41.4 Å². The van der Waals surface area contributed by atoms with Gasteiger partial charge in [-0.3, -0.25) is 4.99 Å². The van der Waals surface area contributed by atoms with Crippen LogP contribution in [-0.2, 0) is 5.16 Å². The summed E-state index contributed by atoms with van der Waals surface area (Å²) >= 11 is 0. The van der Waals surface area contributed by atoms with Gasteiger partial charge in [-0.2, -0.15) is 0 Å². The third kappa shape index (κ3) is 4.50. The number of aryl methyl sites for hydroxylation is 2. The predicted octanol–water partition coefficient (Wildman–Crippen LogP) is 5.47. The Balaban J connectivity index is 2.57. The molecule has 25 heavy (non-hydrogen) atoms. The van der Waals surface area contributed by atoms with Crippen molar-refractivity contribution in [1.82, 2.24) is 0 Å². The van der Waals surface area contributed by atoms with Gasteiger partial charge in [-0.05, 0) is 49.7 Å². The van der Waals surface area contributed by atoms with Crippen molar-refractivity contribution in [3.8, 4) is 5.75 Å². The van der Waals surface area contributed by atoms with Crippen LogP contribution in [0.25, 0.3) is 0 Å². The topological polar surface area (TPSA) is 32.6 Å². The van der Waals surface area contributed by atoms with Gasteiger partial charge in [0.25, 0.3) is 0 Å². The van der Waals surface area contributed by atoms with Gasteiger partial charge in [0, 0.05) is 24.0 Å². The Kier molecular flexibility index (Phi) is 6.79. The largest absolute Gasteiger partial charge is 0.508 e. The van der Waals surface area contributed by atoms with Crippen LogP contribution in [0.5, 0.6) is 5.75 Å². The van der Waals surface area contributed by atoms with Crippen LogP contribution in [0.4, 0.5) is 0 Å². The van der Waals surface area contributed by atoms with Crippen molar-refractivity contribution in [2.24, 2.45) is 4.99 Å². The van der Waals surface area contributed by atoms with Crippen LogP contribution in [-0.4, -0.2) is 18.4 Å². The minimum Gasteiger partial charge on any atom is -0.508 e. The first-order valence-electron chi connectivity index (χ1n) is 9.07. The molecule has 0 amide bonds. The van der Waals surface area contributed by atoms with Crippen LogP contribution in [0.2, 0.25) is 0 Å². The van der Waals surface area contributed by atoms with E-state index >= 15 is 0 Å². The molecular weight excluding hydrogens is 325 g/mol. The van der Waals surface area contributed by atoms with Gasteiger partial charge in [-0.25, -0.2) is 0 Å². The van der Waals surface area contributed by atoms with Crippen LogP contribution < -0.4 is 5.30 Å². The Hall–Kier alpha value is -1.66. The van der Waals surface area contributed by atoms with Crippen LogP contribution in [0, 0.1) is 13.8 Å². The number of aromatic hydroxyl groups is 1. The van der Waals surface area contributed by atoms with E-state index in [2.05, 4.69) is 57.0 Å². The van der Waals surface area contributed by atoms with E-state index in [1.807, 2.05) is 25.4 Å². The number of phenols is 1. The highest BCUT2D eigenvalue weighted by Gasteiger charge is 2.33. The Bertz CT molecular complexity index is 754. The number of nitrogens with zero attached hydrogens (tertiary/aromatic N) is 1. The molecule has 0 radical (unpaired) electrons. The average Bonchev–Trinajstić information content (AvgIpc) is 2.59. The summed E-state index contributed by atoms with van der Waals surface area (Å²) in [5, 5.41) is 11.9. The molecule has 3 heteroatoms. The zero-order chi connectivity index (χ0) is 18.4. The summed E-state index contributed by atoms with van der Waals surface area (Å²) in [5.74, 6) is 0.422. The van der Waals surface area contributed by atoms with E-state index in [1.165, 1.54) is 22.0 Å². The van der Waals surface area contributed by atoms with Gasteiger partial charge in [-0.15, -0.1) is 0 Å². The lowest BCUT2D eigenvalue weighted by molar-refractivity contribution is 0.442. The lowest BCUT2D eigenvalue weighted by atomic mass is 9.89. The smallest absolute Gasteiger partial charge is 0.119 e. The summed E-state index contributed by atoms with van der Waals surface area (Å²) in [5.41, 5.74) is 4.74. The Labute approximate surface area is 154 Å². The normalized spacial score (nSPS) is 14.4. The Morgan fingerprint density at radius 1 is 1.08 bits per heavy atom. The molecule has 0 bridgehead atoms. The molecule has 2 aromatic carbocycles. The highest BCUT2D eigenvalue weighted by Crippen LogP contribution is 2.51. The molecule has 1 N–H and O–H groups in total. The second-order valence-corrected chi connectivity index (χ2v) is 8.56. The Morgan fingerprint density at radius 3 is 2.40 bits per heavy atom. The number of hydrogen-bond acceptors (Lipinski definition) is 2. The second kappa shape index (κ2) is 8.63. The lowest BCUT2D eigenvalue weighted by Crippen LogP contribution is -2.24. The van der Waals surface area contributed by atoms with Gasteiger partial charge >= 0.3 is 0 Å². The maximum atomic E-state index is 10.6. The molecule has 2 rings (SSSR count). The molecule has 0 aromatic heterocycles. The van der Waals surface area contributed by atoms with Crippen molar-refractivity contribution in [2.45, 2.75) is 52.1 Å². The van der Waals surface area contributed by atoms with Gasteiger partial charge in [0.15, 0.2) is 0 Å². The Morgan fingerprint density at radius 2 is 1.76 bits per heavy atom. The number of rotatable bonds is 7. The summed E-state index contributed by atoms with van der Waals surface area (Å²) in [6.45, 7) is 8.68. The number of aliphatic imine (C=N–C) groups is 1. The summed E-state index contributed by atoms with van der Waals surface area (Å²) in [7, 11) is 2.42. The summed E-state index contributed by atoms with van der Waals surface area (Å²) in [6.07, 6.45) is 5.12. The van der Waals surface area contributed by atoms with E-state index in [4.69, 9.17) is 0 Å². The van der Waals surface area contributed by atoms with E-state index in [9.17, 15) is 5.11 Å². The first-order chi connectivity index (χ1) is 12.0. The van der Waals surface area contributed by atoms with E-state index < -0.39 is 0 Å². The molecule has 0 aliphatic heterocycles. The predicted molar refractivity (Wildman–Crippen MR) is 112 cm³/mol. The fourth-order valence-corrected chi connectivity index (χ4v) is 5.33. The maximum absolute atomic E-state index is 10.6. The fraction of sp³-hybridized carbons (Fsp3) is 0.409. The molecule has 134 valence electrons. The van der Waals surface area contributed by atoms with Crippen molar-refractivity contribution < 1.29 is 5.11 Å². The number of hydrogen-bond donors (Lipinski definition) is 1. The van der Waals surface area contributed by atoms with Crippen LogP contribution in [0.3, 0.4) is 0 Å². The highest BCUT2D eigenvalue weighted by atomic mass is 31.1. The summed E-state index contributed by atoms with van der Waals surface area (Å²) in [6, 6.07) is 12.6. The summed E-state index contributed by atoms with van der Waals surface area (Å²) < 4.78 is 0. The molecule has 0 heterocycles. The van der Waals surface area contributed by atoms with Crippen molar-refractivity contribution in [2.75, 3.05) is 7.05 Å². The lowest BCUT2D eigenvalue weighted by Gasteiger charge is -2.35. The fourth-order valence-electron chi connectivity index (χ4n) is 3.48. The molecule has 0 saturated carbocycles. The monoisotopic (exact) mass is 355 g/mol. The molecule has 0 fully saturated rings. The molecule has 2 atom stereocenters. The minimum atomic E-state index is -0.0313. The second-order valence-electron chi connectivity index (χ2n) is 6.81. The first-order valence-corrected chi connectivity index (χ1v) is 10.1. The van der Waals surface area contributed by atoms with Gasteiger partial charge in [0.2, 0.25) is 0 Å². The summed E-state index contributed by atoms with van der Waals surface area (Å²) in [4.78, 5) is 4.24. The molecule has 2 aromatic rings. The molecule has 2 unspecified atom stereocenters. The van der Waals surface area contributed by atoms with E-state index in [-0.39, 0.29) is 5.16 Å². The standard InChI is InChI=1S/C22H30NOP/c1-6-12-22(7-2,19-14-17(4)8-10-20(19)24)25-21-11-9-16(3)13-18(21)15-23-5/h8-11,13-15,24-25H,6-7,12H2,1-5H3. The van der Waals surface area contributed by atoms with E-state index in [1.54, 1.807) is 0 Å². The van der Waals surface area contributed by atoms with E-state index in [0.717, 1.165) is 24.8 Å². The van der Waals surface area contributed by atoms with E-state index in [0.29, 0.717) is 14.3 Å². The average molecular weight is 355 g/mol. The quantitative estimate of drug-likeness (QED) is 0.518. The van der Waals surface area contributed by atoms with Crippen LogP contribution in [0.1, 0.15) is 55.4 Å². The van der Waals surface area contributed by atoms with Crippen LogP contribution >= 0.6 is 8.58 Å². The SMILES string of the molecule is CCCC(CC)(Pc1ccc(C)cc1C=NC)c1cc(C)ccc1O. The molecule has 2 nitrogen and oxygen atoms in total. The zero-order valence-corrected chi connectivity index (χ0v) is 17.1. The van der Waals surface area contributed by atoms with Crippen molar-refractivity contribution >= 4 is 20.1 Å². The zero-order valence-electron chi connectivity index (χ0n) is 16.1. The van der Waals surface area contributed by atoms with Crippen molar-refractivity contribution in [1.29, 1.82) is 0 Å². The van der Waals surface area contributed by atoms with Gasteiger partial charge in [0.1, 0.15) is 5.75 Å². The van der Waals surface area contributed by atoms with Crippen molar-refractivity contribution in [3.05, 3.63) is 58.7 Å². The molecule has 0 spiro atoms.